The van der Waals surface area contributed by atoms with Crippen LogP contribution >= 0.6 is 0 Å². The lowest BCUT2D eigenvalue weighted by Gasteiger charge is -2.18. The second-order valence-electron chi connectivity index (χ2n) is 7.13. The molecule has 2 nitrogen and oxygen atoms in total. The van der Waals surface area contributed by atoms with Gasteiger partial charge in [0.1, 0.15) is 0 Å². The lowest BCUT2D eigenvalue weighted by atomic mass is 9.86. The van der Waals surface area contributed by atoms with E-state index >= 15 is 0 Å². The van der Waals surface area contributed by atoms with Crippen molar-refractivity contribution in [3.8, 4) is 0 Å². The molecule has 0 saturated heterocycles. The van der Waals surface area contributed by atoms with Crippen LogP contribution in [-0.4, -0.2) is 6.21 Å². The molecule has 0 bridgehead atoms. The van der Waals surface area contributed by atoms with Crippen LogP contribution in [0, 0.1) is 12.3 Å². The van der Waals surface area contributed by atoms with Crippen LogP contribution in [0.1, 0.15) is 53.6 Å². The fourth-order valence-electron chi connectivity index (χ4n) is 3.73. The third-order valence-electron chi connectivity index (χ3n) is 5.21. The molecular formula is C27H28N2. The summed E-state index contributed by atoms with van der Waals surface area (Å²) in [6.07, 6.45) is 6.43. The van der Waals surface area contributed by atoms with E-state index in [9.17, 15) is 0 Å². The first kappa shape index (κ1) is 20.3. The SMILES string of the molecule is C/C=C/c1ccc(/C(=C(/CC)c2ccccc2)c2ccc(N)c(C=N)c2)cc1C. The summed E-state index contributed by atoms with van der Waals surface area (Å²) in [6, 6.07) is 23.1. The van der Waals surface area contributed by atoms with E-state index < -0.39 is 0 Å². The molecule has 3 aromatic carbocycles. The van der Waals surface area contributed by atoms with Crippen LogP contribution in [0.5, 0.6) is 0 Å². The Kier molecular flexibility index (Phi) is 6.46. The lowest BCUT2D eigenvalue weighted by molar-refractivity contribution is 1.24. The molecule has 0 aliphatic heterocycles. The molecule has 0 aromatic heterocycles. The van der Waals surface area contributed by atoms with Gasteiger partial charge < -0.3 is 11.1 Å². The van der Waals surface area contributed by atoms with Gasteiger partial charge in [-0.25, -0.2) is 0 Å². The van der Waals surface area contributed by atoms with Crippen molar-refractivity contribution in [3.05, 3.63) is 106 Å². The van der Waals surface area contributed by atoms with Crippen LogP contribution in [0.4, 0.5) is 5.69 Å². The highest BCUT2D eigenvalue weighted by Crippen LogP contribution is 2.36. The Balaban J connectivity index is 2.32. The topological polar surface area (TPSA) is 49.9 Å². The molecule has 0 atom stereocenters. The van der Waals surface area contributed by atoms with Crippen molar-refractivity contribution in [1.29, 1.82) is 5.41 Å². The van der Waals surface area contributed by atoms with Crippen molar-refractivity contribution < 1.29 is 0 Å². The average Bonchev–Trinajstić information content (AvgIpc) is 2.75. The summed E-state index contributed by atoms with van der Waals surface area (Å²) in [5, 5.41) is 7.72. The number of anilines is 1. The van der Waals surface area contributed by atoms with Crippen LogP contribution in [0.3, 0.4) is 0 Å². The van der Waals surface area contributed by atoms with Gasteiger partial charge in [-0.05, 0) is 71.4 Å². The normalized spacial score (nSPS) is 12.1. The number of nitrogens with one attached hydrogen (secondary N) is 1. The predicted octanol–water partition coefficient (Wildman–Crippen LogP) is 6.98. The van der Waals surface area contributed by atoms with Crippen LogP contribution in [0.2, 0.25) is 0 Å². The maximum absolute atomic E-state index is 7.72. The summed E-state index contributed by atoms with van der Waals surface area (Å²) in [7, 11) is 0. The number of hydrogen-bond acceptors (Lipinski definition) is 2. The molecule has 0 spiro atoms. The second kappa shape index (κ2) is 9.20. The molecule has 29 heavy (non-hydrogen) atoms. The van der Waals surface area contributed by atoms with Crippen molar-refractivity contribution >= 4 is 29.1 Å². The molecule has 0 saturated carbocycles. The smallest absolute Gasteiger partial charge is 0.0403 e. The maximum atomic E-state index is 7.72. The standard InChI is InChI=1S/C27H28N2/c1-4-9-20-12-13-22(16-19(20)3)27(23-14-15-26(29)24(17-23)18-28)25(5-2)21-10-7-6-8-11-21/h4,6-18,28H,5,29H2,1-3H3/b9-4+,27-25+,28-18?. The van der Waals surface area contributed by atoms with E-state index in [-0.39, 0.29) is 0 Å². The molecule has 3 rings (SSSR count). The number of rotatable bonds is 6. The van der Waals surface area contributed by atoms with E-state index in [0.29, 0.717) is 5.69 Å². The van der Waals surface area contributed by atoms with Gasteiger partial charge in [0.15, 0.2) is 0 Å². The summed E-state index contributed by atoms with van der Waals surface area (Å²) in [4.78, 5) is 0. The summed E-state index contributed by atoms with van der Waals surface area (Å²) in [6.45, 7) is 6.38. The Labute approximate surface area is 173 Å². The highest BCUT2D eigenvalue weighted by Gasteiger charge is 2.15. The molecule has 3 aromatic rings. The van der Waals surface area contributed by atoms with Gasteiger partial charge in [-0.15, -0.1) is 0 Å². The maximum Gasteiger partial charge on any atom is 0.0403 e. The number of nitrogen functional groups attached to an aromatic ring is 1. The molecular weight excluding hydrogens is 352 g/mol. The molecule has 2 heteroatoms. The van der Waals surface area contributed by atoms with Crippen molar-refractivity contribution in [2.45, 2.75) is 27.2 Å². The van der Waals surface area contributed by atoms with E-state index in [2.05, 4.69) is 74.5 Å². The molecule has 146 valence electrons. The Morgan fingerprint density at radius 2 is 1.59 bits per heavy atom. The summed E-state index contributed by atoms with van der Waals surface area (Å²) in [5.41, 5.74) is 15.8. The summed E-state index contributed by atoms with van der Waals surface area (Å²) >= 11 is 0. The third kappa shape index (κ3) is 4.38. The Bertz CT molecular complexity index is 1070. The minimum atomic E-state index is 0.625. The molecule has 0 radical (unpaired) electrons. The number of allylic oxidation sites excluding steroid dienone is 2. The van der Waals surface area contributed by atoms with Crippen LogP contribution < -0.4 is 5.73 Å². The highest BCUT2D eigenvalue weighted by atomic mass is 14.6. The average molecular weight is 381 g/mol. The summed E-state index contributed by atoms with van der Waals surface area (Å²) < 4.78 is 0. The van der Waals surface area contributed by atoms with Crippen LogP contribution in [-0.2, 0) is 0 Å². The first-order valence-corrected chi connectivity index (χ1v) is 10.0. The van der Waals surface area contributed by atoms with E-state index in [0.717, 1.165) is 17.5 Å². The Morgan fingerprint density at radius 1 is 0.897 bits per heavy atom. The van der Waals surface area contributed by atoms with E-state index in [4.69, 9.17) is 11.1 Å². The fourth-order valence-corrected chi connectivity index (χ4v) is 3.73. The zero-order valence-electron chi connectivity index (χ0n) is 17.4. The zero-order valence-corrected chi connectivity index (χ0v) is 17.4. The highest BCUT2D eigenvalue weighted by molar-refractivity contribution is 6.00. The molecule has 0 aliphatic rings. The number of benzene rings is 3. The second-order valence-corrected chi connectivity index (χ2v) is 7.13. The first-order chi connectivity index (χ1) is 14.1. The minimum absolute atomic E-state index is 0.625. The fraction of sp³-hybridized carbons (Fsp3) is 0.148. The van der Waals surface area contributed by atoms with Crippen molar-refractivity contribution in [1.82, 2.24) is 0 Å². The lowest BCUT2D eigenvalue weighted by Crippen LogP contribution is -1.99. The van der Waals surface area contributed by atoms with Gasteiger partial charge >= 0.3 is 0 Å². The Morgan fingerprint density at radius 3 is 2.21 bits per heavy atom. The van der Waals surface area contributed by atoms with E-state index in [1.165, 1.54) is 39.6 Å². The van der Waals surface area contributed by atoms with Crippen molar-refractivity contribution in [2.24, 2.45) is 0 Å². The zero-order chi connectivity index (χ0) is 20.8. The predicted molar refractivity (Wildman–Crippen MR) is 127 cm³/mol. The molecule has 0 aliphatic carbocycles. The van der Waals surface area contributed by atoms with Crippen LogP contribution in [0.15, 0.2) is 72.8 Å². The van der Waals surface area contributed by atoms with Gasteiger partial charge in [-0.1, -0.05) is 73.7 Å². The number of nitrogens with two attached hydrogens (primary N) is 1. The molecule has 0 heterocycles. The summed E-state index contributed by atoms with van der Waals surface area (Å²) in [5.74, 6) is 0. The van der Waals surface area contributed by atoms with E-state index in [1.54, 1.807) is 0 Å². The van der Waals surface area contributed by atoms with Crippen molar-refractivity contribution in [2.75, 3.05) is 5.73 Å². The monoisotopic (exact) mass is 380 g/mol. The van der Waals surface area contributed by atoms with Crippen molar-refractivity contribution in [3.63, 3.8) is 0 Å². The number of aryl methyl sites for hydroxylation is 1. The van der Waals surface area contributed by atoms with Gasteiger partial charge in [0, 0.05) is 17.5 Å². The molecule has 3 N–H and O–H groups in total. The van der Waals surface area contributed by atoms with Gasteiger partial charge in [-0.3, -0.25) is 0 Å². The van der Waals surface area contributed by atoms with Crippen LogP contribution in [0.25, 0.3) is 17.2 Å². The van der Waals surface area contributed by atoms with Gasteiger partial charge in [-0.2, -0.15) is 0 Å². The largest absolute Gasteiger partial charge is 0.398 e. The van der Waals surface area contributed by atoms with Gasteiger partial charge in [0.05, 0.1) is 0 Å². The molecule has 0 amide bonds. The first-order valence-electron chi connectivity index (χ1n) is 10.0. The Hall–Kier alpha value is -3.39. The molecule has 0 fully saturated rings. The van der Waals surface area contributed by atoms with Gasteiger partial charge in [0.2, 0.25) is 0 Å². The quantitative estimate of drug-likeness (QED) is 0.270. The van der Waals surface area contributed by atoms with E-state index in [1.807, 2.05) is 25.1 Å². The number of hydrogen-bond donors (Lipinski definition) is 2. The van der Waals surface area contributed by atoms with Gasteiger partial charge in [0.25, 0.3) is 0 Å². The third-order valence-corrected chi connectivity index (χ3v) is 5.21. The molecule has 0 unspecified atom stereocenters. The minimum Gasteiger partial charge on any atom is -0.398 e.